The average Bonchev–Trinajstić information content (AvgIpc) is 2.47. The molecule has 1 nitrogen and oxygen atoms in total. The first-order valence-corrected chi connectivity index (χ1v) is 8.64. The molecule has 2 aromatic carbocycles. The van der Waals surface area contributed by atoms with E-state index in [4.69, 9.17) is 4.74 Å². The second kappa shape index (κ2) is 7.48. The van der Waals surface area contributed by atoms with E-state index in [0.717, 1.165) is 17.5 Å². The van der Waals surface area contributed by atoms with E-state index in [1.807, 2.05) is 18.2 Å². The number of methoxy groups -OCH3 is 1. The number of hydrogen-bond acceptors (Lipinski definition) is 1. The van der Waals surface area contributed by atoms with Gasteiger partial charge in [-0.05, 0) is 40.5 Å². The molecule has 0 saturated heterocycles. The van der Waals surface area contributed by atoms with Crippen molar-refractivity contribution in [2.75, 3.05) is 7.11 Å². The van der Waals surface area contributed by atoms with Gasteiger partial charge in [-0.25, -0.2) is 4.39 Å². The fourth-order valence-electron chi connectivity index (χ4n) is 3.30. The molecule has 0 aliphatic carbocycles. The maximum atomic E-state index is 14.4. The van der Waals surface area contributed by atoms with Gasteiger partial charge >= 0.3 is 0 Å². The number of benzene rings is 2. The van der Waals surface area contributed by atoms with Crippen LogP contribution in [0.5, 0.6) is 0 Å². The highest BCUT2D eigenvalue weighted by atomic mass is 19.1. The van der Waals surface area contributed by atoms with Gasteiger partial charge in [0.1, 0.15) is 5.82 Å². The second-order valence-corrected chi connectivity index (χ2v) is 7.98. The third kappa shape index (κ3) is 4.24. The molecule has 2 aromatic rings. The summed E-state index contributed by atoms with van der Waals surface area (Å²) in [6, 6.07) is 13.3. The van der Waals surface area contributed by atoms with Crippen molar-refractivity contribution in [2.24, 2.45) is 11.3 Å². The van der Waals surface area contributed by atoms with Crippen LogP contribution in [-0.2, 0) is 11.2 Å². The van der Waals surface area contributed by atoms with Crippen LogP contribution in [0.1, 0.15) is 51.8 Å². The SMILES string of the molecule is CO[C@@H](c1cc(CC(C)C)ccc1-c1ccccc1F)C(C)(C)C. The third-order valence-electron chi connectivity index (χ3n) is 4.23. The summed E-state index contributed by atoms with van der Waals surface area (Å²) in [5.41, 5.74) is 3.81. The van der Waals surface area contributed by atoms with E-state index in [0.29, 0.717) is 11.5 Å². The van der Waals surface area contributed by atoms with Gasteiger partial charge < -0.3 is 4.74 Å². The Labute approximate surface area is 145 Å². The van der Waals surface area contributed by atoms with E-state index in [1.165, 1.54) is 11.6 Å². The monoisotopic (exact) mass is 328 g/mol. The van der Waals surface area contributed by atoms with Gasteiger partial charge in [0.05, 0.1) is 6.10 Å². The number of ether oxygens (including phenoxy) is 1. The largest absolute Gasteiger partial charge is 0.376 e. The van der Waals surface area contributed by atoms with E-state index < -0.39 is 0 Å². The number of hydrogen-bond donors (Lipinski definition) is 0. The van der Waals surface area contributed by atoms with Crippen molar-refractivity contribution in [3.63, 3.8) is 0 Å². The van der Waals surface area contributed by atoms with Crippen molar-refractivity contribution in [3.05, 3.63) is 59.4 Å². The zero-order valence-electron chi connectivity index (χ0n) is 15.7. The lowest BCUT2D eigenvalue weighted by Gasteiger charge is -2.32. The first kappa shape index (κ1) is 18.7. The minimum absolute atomic E-state index is 0.0782. The van der Waals surface area contributed by atoms with Crippen molar-refractivity contribution < 1.29 is 9.13 Å². The molecular weight excluding hydrogens is 299 g/mol. The molecule has 0 unspecified atom stereocenters. The Morgan fingerprint density at radius 1 is 1.00 bits per heavy atom. The van der Waals surface area contributed by atoms with Crippen LogP contribution in [0.4, 0.5) is 4.39 Å². The molecule has 0 fully saturated rings. The zero-order valence-corrected chi connectivity index (χ0v) is 15.7. The maximum Gasteiger partial charge on any atom is 0.131 e. The first-order valence-electron chi connectivity index (χ1n) is 8.64. The molecule has 24 heavy (non-hydrogen) atoms. The summed E-state index contributed by atoms with van der Waals surface area (Å²) in [6.07, 6.45) is 0.907. The van der Waals surface area contributed by atoms with Crippen LogP contribution in [0.15, 0.2) is 42.5 Å². The second-order valence-electron chi connectivity index (χ2n) is 7.98. The van der Waals surface area contributed by atoms with Crippen LogP contribution in [0.2, 0.25) is 0 Å². The van der Waals surface area contributed by atoms with Gasteiger partial charge in [-0.2, -0.15) is 0 Å². The lowest BCUT2D eigenvalue weighted by molar-refractivity contribution is 0.0155. The molecule has 2 heteroatoms. The molecule has 0 aromatic heterocycles. The summed E-state index contributed by atoms with van der Waals surface area (Å²) < 4.78 is 20.2. The van der Waals surface area contributed by atoms with Crippen LogP contribution < -0.4 is 0 Å². The van der Waals surface area contributed by atoms with Gasteiger partial charge in [0.2, 0.25) is 0 Å². The molecule has 130 valence electrons. The van der Waals surface area contributed by atoms with Crippen molar-refractivity contribution in [2.45, 2.75) is 47.1 Å². The third-order valence-corrected chi connectivity index (χ3v) is 4.23. The Morgan fingerprint density at radius 2 is 1.67 bits per heavy atom. The van der Waals surface area contributed by atoms with Crippen LogP contribution >= 0.6 is 0 Å². The summed E-state index contributed by atoms with van der Waals surface area (Å²) in [5.74, 6) is 0.381. The molecule has 2 rings (SSSR count). The van der Waals surface area contributed by atoms with Crippen LogP contribution in [0, 0.1) is 17.2 Å². The summed E-state index contributed by atoms with van der Waals surface area (Å²) in [4.78, 5) is 0. The maximum absolute atomic E-state index is 14.4. The normalized spacial score (nSPS) is 13.3. The lowest BCUT2D eigenvalue weighted by atomic mass is 9.80. The predicted octanol–water partition coefficient (Wildman–Crippen LogP) is 6.42. The molecule has 0 saturated carbocycles. The number of rotatable bonds is 5. The quantitative estimate of drug-likeness (QED) is 0.615. The highest BCUT2D eigenvalue weighted by Gasteiger charge is 2.29. The Hall–Kier alpha value is -1.67. The zero-order chi connectivity index (χ0) is 17.9. The van der Waals surface area contributed by atoms with E-state index in [1.54, 1.807) is 13.2 Å². The van der Waals surface area contributed by atoms with E-state index in [9.17, 15) is 4.39 Å². The average molecular weight is 328 g/mol. The Kier molecular flexibility index (Phi) is 5.82. The summed E-state index contributed by atoms with van der Waals surface area (Å²) in [7, 11) is 1.73. The Bertz CT molecular complexity index is 683. The minimum atomic E-state index is -0.195. The standard InChI is InChI=1S/C22H29FO/c1-15(2)13-16-11-12-17(18-9-7-8-10-20(18)23)19(14-16)21(24-6)22(3,4)5/h7-12,14-15,21H,13H2,1-6H3/t21-/m0/s1. The molecule has 0 aliphatic rings. The van der Waals surface area contributed by atoms with E-state index in [2.05, 4.69) is 46.8 Å². The van der Waals surface area contributed by atoms with Gasteiger partial charge in [-0.15, -0.1) is 0 Å². The minimum Gasteiger partial charge on any atom is -0.376 e. The first-order chi connectivity index (χ1) is 11.2. The van der Waals surface area contributed by atoms with Gasteiger partial charge in [0.15, 0.2) is 0 Å². The molecule has 0 amide bonds. The van der Waals surface area contributed by atoms with Crippen LogP contribution in [0.3, 0.4) is 0 Å². The fourth-order valence-corrected chi connectivity index (χ4v) is 3.30. The predicted molar refractivity (Wildman–Crippen MR) is 99.6 cm³/mol. The molecular formula is C22H29FO. The summed E-state index contributed by atoms with van der Waals surface area (Å²) in [6.45, 7) is 10.9. The van der Waals surface area contributed by atoms with Crippen molar-refractivity contribution in [3.8, 4) is 11.1 Å². The van der Waals surface area contributed by atoms with Gasteiger partial charge in [0.25, 0.3) is 0 Å². The van der Waals surface area contributed by atoms with E-state index in [-0.39, 0.29) is 17.3 Å². The Balaban J connectivity index is 2.64. The molecule has 0 aliphatic heterocycles. The molecule has 0 bridgehead atoms. The highest BCUT2D eigenvalue weighted by Crippen LogP contribution is 2.41. The van der Waals surface area contributed by atoms with Gasteiger partial charge in [-0.3, -0.25) is 0 Å². The van der Waals surface area contributed by atoms with Gasteiger partial charge in [-0.1, -0.05) is 71.0 Å². The lowest BCUT2D eigenvalue weighted by Crippen LogP contribution is -2.21. The van der Waals surface area contributed by atoms with Crippen molar-refractivity contribution in [1.29, 1.82) is 0 Å². The highest BCUT2D eigenvalue weighted by molar-refractivity contribution is 5.69. The van der Waals surface area contributed by atoms with Crippen LogP contribution in [-0.4, -0.2) is 7.11 Å². The topological polar surface area (TPSA) is 9.23 Å². The van der Waals surface area contributed by atoms with Crippen molar-refractivity contribution >= 4 is 0 Å². The van der Waals surface area contributed by atoms with Crippen LogP contribution in [0.25, 0.3) is 11.1 Å². The summed E-state index contributed by atoms with van der Waals surface area (Å²) >= 11 is 0. The molecule has 0 radical (unpaired) electrons. The molecule has 0 N–H and O–H groups in total. The van der Waals surface area contributed by atoms with Crippen molar-refractivity contribution in [1.82, 2.24) is 0 Å². The summed E-state index contributed by atoms with van der Waals surface area (Å²) in [5, 5.41) is 0. The molecule has 1 atom stereocenters. The smallest absolute Gasteiger partial charge is 0.131 e. The fraction of sp³-hybridized carbons (Fsp3) is 0.455. The van der Waals surface area contributed by atoms with Gasteiger partial charge in [0, 0.05) is 12.7 Å². The van der Waals surface area contributed by atoms with E-state index >= 15 is 0 Å². The molecule has 0 spiro atoms. The molecule has 0 heterocycles. The Morgan fingerprint density at radius 3 is 2.21 bits per heavy atom. The number of halogens is 1.